The Labute approximate surface area is 155 Å². The van der Waals surface area contributed by atoms with Crippen molar-refractivity contribution in [3.8, 4) is 0 Å². The van der Waals surface area contributed by atoms with Gasteiger partial charge in [0.1, 0.15) is 0 Å². The summed E-state index contributed by atoms with van der Waals surface area (Å²) in [6.07, 6.45) is 1.70. The minimum absolute atomic E-state index is 0. The van der Waals surface area contributed by atoms with Gasteiger partial charge in [0.15, 0.2) is 5.82 Å². The van der Waals surface area contributed by atoms with E-state index in [1.54, 1.807) is 6.92 Å². The van der Waals surface area contributed by atoms with Gasteiger partial charge in [0.05, 0.1) is 0 Å². The summed E-state index contributed by atoms with van der Waals surface area (Å²) < 4.78 is 5.02. The molecule has 0 aliphatic carbocycles. The number of carbonyl (C=O) groups excluding carboxylic acids is 1. The van der Waals surface area contributed by atoms with Crippen LogP contribution >= 0.6 is 12.4 Å². The first-order chi connectivity index (χ1) is 11.5. The number of amides is 1. The molecule has 1 aromatic heterocycles. The largest absolute Gasteiger partial charge is 0.354 e. The monoisotopic (exact) mass is 366 g/mol. The third-order valence-electron chi connectivity index (χ3n) is 3.91. The van der Waals surface area contributed by atoms with Crippen LogP contribution in [0.5, 0.6) is 0 Å². The van der Waals surface area contributed by atoms with Crippen LogP contribution in [0.15, 0.2) is 28.8 Å². The molecule has 1 atom stereocenters. The molecule has 0 saturated heterocycles. The smallest absolute Gasteiger partial charge is 0.226 e. The van der Waals surface area contributed by atoms with Crippen LogP contribution in [0.2, 0.25) is 0 Å². The summed E-state index contributed by atoms with van der Waals surface area (Å²) in [6.45, 7) is 6.52. The van der Waals surface area contributed by atoms with Gasteiger partial charge in [-0.25, -0.2) is 0 Å². The number of benzene rings is 1. The third kappa shape index (κ3) is 6.84. The highest BCUT2D eigenvalue weighted by molar-refractivity contribution is 5.85. The van der Waals surface area contributed by atoms with Crippen molar-refractivity contribution < 1.29 is 9.32 Å². The van der Waals surface area contributed by atoms with Gasteiger partial charge in [-0.15, -0.1) is 12.4 Å². The van der Waals surface area contributed by atoms with Gasteiger partial charge in [-0.2, -0.15) is 4.98 Å². The molecule has 3 N–H and O–H groups in total. The molecule has 0 aliphatic heterocycles. The number of carbonyl (C=O) groups is 1. The van der Waals surface area contributed by atoms with Crippen molar-refractivity contribution in [3.63, 3.8) is 0 Å². The number of nitrogens with zero attached hydrogens (tertiary/aromatic N) is 2. The molecule has 7 heteroatoms. The fourth-order valence-corrected chi connectivity index (χ4v) is 2.40. The second-order valence-corrected chi connectivity index (χ2v) is 6.32. The predicted octanol–water partition coefficient (Wildman–Crippen LogP) is 3.06. The number of rotatable bonds is 8. The molecule has 1 aromatic carbocycles. The van der Waals surface area contributed by atoms with Crippen LogP contribution in [0.25, 0.3) is 0 Å². The highest BCUT2D eigenvalue weighted by Crippen LogP contribution is 2.17. The lowest BCUT2D eigenvalue weighted by molar-refractivity contribution is -0.121. The zero-order chi connectivity index (χ0) is 17.5. The van der Waals surface area contributed by atoms with E-state index >= 15 is 0 Å². The maximum atomic E-state index is 11.9. The van der Waals surface area contributed by atoms with E-state index in [0.717, 1.165) is 5.56 Å². The fourth-order valence-electron chi connectivity index (χ4n) is 2.40. The molecule has 2 aromatic rings. The van der Waals surface area contributed by atoms with Crippen molar-refractivity contribution in [1.29, 1.82) is 0 Å². The SMILES string of the molecule is Cc1noc(CCCC(=O)NCC(N)c2ccc(C(C)C)cc2)n1.Cl. The van der Waals surface area contributed by atoms with Gasteiger partial charge < -0.3 is 15.6 Å². The Morgan fingerprint density at radius 1 is 1.24 bits per heavy atom. The number of nitrogens with one attached hydrogen (secondary N) is 1. The van der Waals surface area contributed by atoms with Crippen molar-refractivity contribution >= 4 is 18.3 Å². The lowest BCUT2D eigenvalue weighted by Crippen LogP contribution is -2.31. The number of hydrogen-bond donors (Lipinski definition) is 2. The van der Waals surface area contributed by atoms with Gasteiger partial charge in [-0.3, -0.25) is 4.79 Å². The first-order valence-electron chi connectivity index (χ1n) is 8.37. The summed E-state index contributed by atoms with van der Waals surface area (Å²) in [6, 6.07) is 8.05. The molecule has 2 rings (SSSR count). The maximum absolute atomic E-state index is 11.9. The average molecular weight is 367 g/mol. The molecule has 138 valence electrons. The molecule has 0 radical (unpaired) electrons. The van der Waals surface area contributed by atoms with E-state index < -0.39 is 0 Å². The number of aryl methyl sites for hydroxylation is 2. The minimum atomic E-state index is -0.200. The van der Waals surface area contributed by atoms with Gasteiger partial charge in [0.2, 0.25) is 11.8 Å². The summed E-state index contributed by atoms with van der Waals surface area (Å²) in [5.74, 6) is 1.67. The Bertz CT molecular complexity index is 655. The molecule has 0 saturated carbocycles. The van der Waals surface area contributed by atoms with Crippen molar-refractivity contribution in [2.24, 2.45) is 5.73 Å². The van der Waals surface area contributed by atoms with Gasteiger partial charge in [-0.1, -0.05) is 43.3 Å². The minimum Gasteiger partial charge on any atom is -0.354 e. The fraction of sp³-hybridized carbons (Fsp3) is 0.500. The molecule has 25 heavy (non-hydrogen) atoms. The highest BCUT2D eigenvalue weighted by atomic mass is 35.5. The third-order valence-corrected chi connectivity index (χ3v) is 3.91. The number of halogens is 1. The second-order valence-electron chi connectivity index (χ2n) is 6.32. The van der Waals surface area contributed by atoms with Gasteiger partial charge in [-0.05, 0) is 30.4 Å². The van der Waals surface area contributed by atoms with E-state index in [0.29, 0.717) is 43.4 Å². The lowest BCUT2D eigenvalue weighted by Gasteiger charge is -2.14. The summed E-state index contributed by atoms with van der Waals surface area (Å²) in [5.41, 5.74) is 8.46. The van der Waals surface area contributed by atoms with E-state index in [9.17, 15) is 4.79 Å². The average Bonchev–Trinajstić information content (AvgIpc) is 2.98. The summed E-state index contributed by atoms with van der Waals surface area (Å²) >= 11 is 0. The molecule has 1 amide bonds. The molecule has 0 bridgehead atoms. The molecular weight excluding hydrogens is 340 g/mol. The molecule has 0 spiro atoms. The number of aromatic nitrogens is 2. The zero-order valence-electron chi connectivity index (χ0n) is 15.0. The first-order valence-corrected chi connectivity index (χ1v) is 8.37. The topological polar surface area (TPSA) is 94.0 Å². The Balaban J connectivity index is 0.00000312. The molecule has 1 heterocycles. The first kappa shape index (κ1) is 21.1. The van der Waals surface area contributed by atoms with E-state index in [4.69, 9.17) is 10.3 Å². The Kier molecular flexibility index (Phi) is 8.58. The van der Waals surface area contributed by atoms with Crippen LogP contribution in [-0.4, -0.2) is 22.6 Å². The van der Waals surface area contributed by atoms with E-state index in [-0.39, 0.29) is 24.4 Å². The van der Waals surface area contributed by atoms with Gasteiger partial charge >= 0.3 is 0 Å². The Hall–Kier alpha value is -1.92. The van der Waals surface area contributed by atoms with Crippen LogP contribution in [0.1, 0.15) is 61.5 Å². The molecule has 1 unspecified atom stereocenters. The Morgan fingerprint density at radius 3 is 2.44 bits per heavy atom. The Morgan fingerprint density at radius 2 is 1.88 bits per heavy atom. The van der Waals surface area contributed by atoms with E-state index in [2.05, 4.69) is 41.4 Å². The molecule has 0 fully saturated rings. The van der Waals surface area contributed by atoms with Crippen molar-refractivity contribution in [2.45, 2.75) is 52.0 Å². The van der Waals surface area contributed by atoms with Crippen LogP contribution in [0.4, 0.5) is 0 Å². The van der Waals surface area contributed by atoms with Gasteiger partial charge in [0, 0.05) is 25.4 Å². The molecule has 0 aliphatic rings. The quantitative estimate of drug-likeness (QED) is 0.748. The van der Waals surface area contributed by atoms with Gasteiger partial charge in [0.25, 0.3) is 0 Å². The van der Waals surface area contributed by atoms with Crippen molar-refractivity contribution in [1.82, 2.24) is 15.5 Å². The van der Waals surface area contributed by atoms with Crippen molar-refractivity contribution in [3.05, 3.63) is 47.1 Å². The van der Waals surface area contributed by atoms with E-state index in [1.807, 2.05) is 12.1 Å². The lowest BCUT2D eigenvalue weighted by atomic mass is 9.99. The highest BCUT2D eigenvalue weighted by Gasteiger charge is 2.10. The van der Waals surface area contributed by atoms with Crippen LogP contribution in [0.3, 0.4) is 0 Å². The van der Waals surface area contributed by atoms with Crippen molar-refractivity contribution in [2.75, 3.05) is 6.54 Å². The number of nitrogens with two attached hydrogens (primary N) is 1. The van der Waals surface area contributed by atoms with E-state index in [1.165, 1.54) is 5.56 Å². The second kappa shape index (κ2) is 10.2. The summed E-state index contributed by atoms with van der Waals surface area (Å²) in [4.78, 5) is 16.0. The van der Waals surface area contributed by atoms with Crippen LogP contribution < -0.4 is 11.1 Å². The van der Waals surface area contributed by atoms with Crippen LogP contribution in [0, 0.1) is 6.92 Å². The molecular formula is C18H27ClN4O2. The normalized spacial score (nSPS) is 11.9. The predicted molar refractivity (Wildman–Crippen MR) is 99.7 cm³/mol. The summed E-state index contributed by atoms with van der Waals surface area (Å²) in [5, 5.41) is 6.60. The van der Waals surface area contributed by atoms with Crippen LogP contribution in [-0.2, 0) is 11.2 Å². The maximum Gasteiger partial charge on any atom is 0.226 e. The summed E-state index contributed by atoms with van der Waals surface area (Å²) in [7, 11) is 0. The molecule has 6 nitrogen and oxygen atoms in total. The zero-order valence-corrected chi connectivity index (χ0v) is 15.8. The number of hydrogen-bond acceptors (Lipinski definition) is 5. The standard InChI is InChI=1S/C18H26N4O2.ClH/c1-12(2)14-7-9-15(10-8-14)16(19)11-20-17(23)5-4-6-18-21-13(3)22-24-18;/h7-10,12,16H,4-6,11,19H2,1-3H3,(H,20,23);1H.